The number of hydrogen-bond acceptors (Lipinski definition) is 2. The van der Waals surface area contributed by atoms with Gasteiger partial charge in [0, 0.05) is 0 Å². The lowest BCUT2D eigenvalue weighted by molar-refractivity contribution is 0.00851. The van der Waals surface area contributed by atoms with E-state index in [0.29, 0.717) is 12.7 Å². The second-order valence-corrected chi connectivity index (χ2v) is 6.18. The average Bonchev–Trinajstić information content (AvgIpc) is 2.39. The van der Waals surface area contributed by atoms with Crippen LogP contribution in [0.15, 0.2) is 18.2 Å². The van der Waals surface area contributed by atoms with Crippen molar-refractivity contribution in [2.75, 3.05) is 6.61 Å². The van der Waals surface area contributed by atoms with Crippen molar-refractivity contribution in [2.24, 2.45) is 11.7 Å². The van der Waals surface area contributed by atoms with Gasteiger partial charge in [-0.25, -0.2) is 0 Å². The molecule has 0 amide bonds. The molecule has 1 saturated carbocycles. The summed E-state index contributed by atoms with van der Waals surface area (Å²) < 4.78 is 6.01. The van der Waals surface area contributed by atoms with Crippen LogP contribution in [-0.4, -0.2) is 12.7 Å². The molecule has 19 heavy (non-hydrogen) atoms. The van der Waals surface area contributed by atoms with Gasteiger partial charge in [0.15, 0.2) is 0 Å². The lowest BCUT2D eigenvalue weighted by atomic mass is 9.88. The van der Waals surface area contributed by atoms with Crippen molar-refractivity contribution in [3.05, 3.63) is 34.9 Å². The molecule has 1 aliphatic carbocycles. The zero-order valence-corrected chi connectivity index (χ0v) is 12.5. The first-order valence-electron chi connectivity index (χ1n) is 7.50. The molecule has 3 atom stereocenters. The van der Waals surface area contributed by atoms with Gasteiger partial charge in [-0.3, -0.25) is 0 Å². The molecular formula is C17H27NO. The van der Waals surface area contributed by atoms with Gasteiger partial charge in [0.2, 0.25) is 0 Å². The third kappa shape index (κ3) is 4.05. The van der Waals surface area contributed by atoms with Crippen LogP contribution < -0.4 is 5.73 Å². The summed E-state index contributed by atoms with van der Waals surface area (Å²) in [6.07, 6.45) is 5.46. The Morgan fingerprint density at radius 2 is 2.05 bits per heavy atom. The minimum atomic E-state index is -0.00321. The third-order valence-electron chi connectivity index (χ3n) is 4.36. The van der Waals surface area contributed by atoms with Gasteiger partial charge >= 0.3 is 0 Å². The molecule has 2 heteroatoms. The number of benzene rings is 1. The van der Waals surface area contributed by atoms with E-state index in [2.05, 4.69) is 39.0 Å². The minimum absolute atomic E-state index is 0.00321. The fourth-order valence-electron chi connectivity index (χ4n) is 2.86. The Morgan fingerprint density at radius 1 is 1.26 bits per heavy atom. The number of ether oxygens (including phenoxy) is 1. The Balaban J connectivity index is 1.86. The van der Waals surface area contributed by atoms with Gasteiger partial charge in [0.05, 0.1) is 18.8 Å². The molecule has 1 aliphatic rings. The van der Waals surface area contributed by atoms with Gasteiger partial charge in [0.25, 0.3) is 0 Å². The fourth-order valence-corrected chi connectivity index (χ4v) is 2.86. The van der Waals surface area contributed by atoms with Crippen LogP contribution in [0.1, 0.15) is 55.3 Å². The number of aryl methyl sites for hydroxylation is 2. The van der Waals surface area contributed by atoms with Crippen LogP contribution >= 0.6 is 0 Å². The van der Waals surface area contributed by atoms with Crippen molar-refractivity contribution in [2.45, 2.75) is 58.6 Å². The van der Waals surface area contributed by atoms with Gasteiger partial charge < -0.3 is 10.5 Å². The predicted molar refractivity (Wildman–Crippen MR) is 80.2 cm³/mol. The third-order valence-corrected chi connectivity index (χ3v) is 4.36. The van der Waals surface area contributed by atoms with Crippen LogP contribution in [0.3, 0.4) is 0 Å². The van der Waals surface area contributed by atoms with Crippen LogP contribution in [0.4, 0.5) is 0 Å². The molecule has 2 nitrogen and oxygen atoms in total. The molecule has 2 N–H and O–H groups in total. The van der Waals surface area contributed by atoms with Crippen LogP contribution in [-0.2, 0) is 4.74 Å². The van der Waals surface area contributed by atoms with Crippen LogP contribution in [0.5, 0.6) is 0 Å². The van der Waals surface area contributed by atoms with Gasteiger partial charge in [-0.2, -0.15) is 0 Å². The van der Waals surface area contributed by atoms with Crippen molar-refractivity contribution in [3.63, 3.8) is 0 Å². The summed E-state index contributed by atoms with van der Waals surface area (Å²) in [4.78, 5) is 0. The Bertz CT molecular complexity index is 416. The maximum absolute atomic E-state index is 6.24. The SMILES string of the molecule is Cc1ccc(C(N)COC2CCCC(C)C2)cc1C. The minimum Gasteiger partial charge on any atom is -0.376 e. The van der Waals surface area contributed by atoms with Gasteiger partial charge in [-0.15, -0.1) is 0 Å². The monoisotopic (exact) mass is 261 g/mol. The Morgan fingerprint density at radius 3 is 2.74 bits per heavy atom. The van der Waals surface area contributed by atoms with Crippen LogP contribution in [0, 0.1) is 19.8 Å². The summed E-state index contributed by atoms with van der Waals surface area (Å²) in [6.45, 7) is 7.22. The Hall–Kier alpha value is -0.860. The molecule has 0 saturated heterocycles. The summed E-state index contributed by atoms with van der Waals surface area (Å²) >= 11 is 0. The molecule has 1 aromatic rings. The molecular weight excluding hydrogens is 234 g/mol. The highest BCUT2D eigenvalue weighted by molar-refractivity contribution is 5.31. The van der Waals surface area contributed by atoms with Crippen molar-refractivity contribution >= 4 is 0 Å². The van der Waals surface area contributed by atoms with E-state index in [1.165, 1.54) is 42.4 Å². The number of rotatable bonds is 4. The summed E-state index contributed by atoms with van der Waals surface area (Å²) in [6, 6.07) is 6.46. The molecule has 0 heterocycles. The van der Waals surface area contributed by atoms with E-state index < -0.39 is 0 Å². The molecule has 0 aromatic heterocycles. The summed E-state index contributed by atoms with van der Waals surface area (Å²) in [5, 5.41) is 0. The second-order valence-electron chi connectivity index (χ2n) is 6.18. The van der Waals surface area contributed by atoms with E-state index >= 15 is 0 Å². The lowest BCUT2D eigenvalue weighted by Crippen LogP contribution is -2.26. The number of nitrogens with two attached hydrogens (primary N) is 1. The summed E-state index contributed by atoms with van der Waals surface area (Å²) in [7, 11) is 0. The topological polar surface area (TPSA) is 35.2 Å². The summed E-state index contributed by atoms with van der Waals surface area (Å²) in [5.74, 6) is 0.802. The predicted octanol–water partition coefficient (Wildman–Crippen LogP) is 3.90. The Labute approximate surface area is 117 Å². The number of hydrogen-bond donors (Lipinski definition) is 1. The highest BCUT2D eigenvalue weighted by Gasteiger charge is 2.20. The molecule has 3 unspecified atom stereocenters. The van der Waals surface area contributed by atoms with E-state index in [0.717, 1.165) is 5.92 Å². The first-order chi connectivity index (χ1) is 9.06. The van der Waals surface area contributed by atoms with E-state index in [9.17, 15) is 0 Å². The highest BCUT2D eigenvalue weighted by atomic mass is 16.5. The molecule has 0 aliphatic heterocycles. The quantitative estimate of drug-likeness (QED) is 0.892. The van der Waals surface area contributed by atoms with Crippen molar-refractivity contribution < 1.29 is 4.74 Å². The molecule has 0 spiro atoms. The van der Waals surface area contributed by atoms with E-state index in [1.54, 1.807) is 0 Å². The maximum atomic E-state index is 6.24. The van der Waals surface area contributed by atoms with E-state index in [1.807, 2.05) is 0 Å². The zero-order chi connectivity index (χ0) is 13.8. The van der Waals surface area contributed by atoms with E-state index in [4.69, 9.17) is 10.5 Å². The molecule has 1 aromatic carbocycles. The highest BCUT2D eigenvalue weighted by Crippen LogP contribution is 2.26. The Kier molecular flexibility index (Phi) is 5.00. The smallest absolute Gasteiger partial charge is 0.0663 e. The van der Waals surface area contributed by atoms with Crippen molar-refractivity contribution in [3.8, 4) is 0 Å². The molecule has 2 rings (SSSR count). The first-order valence-corrected chi connectivity index (χ1v) is 7.50. The van der Waals surface area contributed by atoms with Gasteiger partial charge in [-0.1, -0.05) is 38.0 Å². The van der Waals surface area contributed by atoms with E-state index in [-0.39, 0.29) is 6.04 Å². The molecule has 106 valence electrons. The van der Waals surface area contributed by atoms with Gasteiger partial charge in [-0.05, 0) is 49.3 Å². The zero-order valence-electron chi connectivity index (χ0n) is 12.5. The second kappa shape index (κ2) is 6.53. The van der Waals surface area contributed by atoms with Crippen molar-refractivity contribution in [1.82, 2.24) is 0 Å². The molecule has 0 radical (unpaired) electrons. The van der Waals surface area contributed by atoms with Crippen LogP contribution in [0.25, 0.3) is 0 Å². The maximum Gasteiger partial charge on any atom is 0.0663 e. The molecule has 1 fully saturated rings. The standard InChI is InChI=1S/C17H27NO/c1-12-5-4-6-16(9-12)19-11-17(18)15-8-7-13(2)14(3)10-15/h7-8,10,12,16-17H,4-6,9,11,18H2,1-3H3. The van der Waals surface area contributed by atoms with Crippen LogP contribution in [0.2, 0.25) is 0 Å². The molecule has 0 bridgehead atoms. The largest absolute Gasteiger partial charge is 0.376 e. The van der Waals surface area contributed by atoms with Crippen molar-refractivity contribution in [1.29, 1.82) is 0 Å². The summed E-state index contributed by atoms with van der Waals surface area (Å²) in [5.41, 5.74) is 10.1. The first kappa shape index (κ1) is 14.5. The normalized spacial score (nSPS) is 25.3. The van der Waals surface area contributed by atoms with Gasteiger partial charge in [0.1, 0.15) is 0 Å². The lowest BCUT2D eigenvalue weighted by Gasteiger charge is -2.28. The fraction of sp³-hybridized carbons (Fsp3) is 0.647. The average molecular weight is 261 g/mol.